The minimum atomic E-state index is -0.924. The van der Waals surface area contributed by atoms with E-state index in [0.717, 1.165) is 0 Å². The van der Waals surface area contributed by atoms with Crippen LogP contribution in [0.2, 0.25) is 0 Å². The van der Waals surface area contributed by atoms with Gasteiger partial charge in [-0.2, -0.15) is 0 Å². The summed E-state index contributed by atoms with van der Waals surface area (Å²) < 4.78 is 3.76. The molecule has 1 aliphatic heterocycles. The van der Waals surface area contributed by atoms with Crippen molar-refractivity contribution in [3.05, 3.63) is 0 Å². The van der Waals surface area contributed by atoms with Crippen molar-refractivity contribution in [3.8, 4) is 0 Å². The lowest BCUT2D eigenvalue weighted by atomic mass is 10.1. The zero-order chi connectivity index (χ0) is 7.78. The van der Waals surface area contributed by atoms with Crippen molar-refractivity contribution in [2.75, 3.05) is 13.2 Å². The number of esters is 1. The van der Waals surface area contributed by atoms with Gasteiger partial charge in [-0.05, 0) is 0 Å². The third kappa shape index (κ3) is 1.10. The molecular formula is C5H6Br2O3. The van der Waals surface area contributed by atoms with Gasteiger partial charge in [0.15, 0.2) is 4.32 Å². The SMILES string of the molecule is O=C1OCC(Br)C1(Br)CO. The first kappa shape index (κ1) is 8.49. The third-order valence-corrected chi connectivity index (χ3v) is 4.21. The Morgan fingerprint density at radius 1 is 1.90 bits per heavy atom. The van der Waals surface area contributed by atoms with E-state index in [0.29, 0.717) is 6.61 Å². The number of halogens is 2. The summed E-state index contributed by atoms with van der Waals surface area (Å²) in [6.07, 6.45) is 0. The van der Waals surface area contributed by atoms with E-state index >= 15 is 0 Å². The summed E-state index contributed by atoms with van der Waals surface area (Å²) in [6, 6.07) is 0. The van der Waals surface area contributed by atoms with Crippen LogP contribution < -0.4 is 0 Å². The Morgan fingerprint density at radius 2 is 2.50 bits per heavy atom. The topological polar surface area (TPSA) is 46.5 Å². The maximum Gasteiger partial charge on any atom is 0.326 e. The Kier molecular flexibility index (Phi) is 2.37. The third-order valence-electron chi connectivity index (χ3n) is 1.43. The summed E-state index contributed by atoms with van der Waals surface area (Å²) >= 11 is 6.31. The second-order valence-corrected chi connectivity index (χ2v) is 4.61. The molecule has 0 radical (unpaired) electrons. The molecule has 1 fully saturated rings. The first-order valence-electron chi connectivity index (χ1n) is 2.72. The van der Waals surface area contributed by atoms with E-state index in [1.165, 1.54) is 0 Å². The van der Waals surface area contributed by atoms with E-state index in [9.17, 15) is 4.79 Å². The zero-order valence-electron chi connectivity index (χ0n) is 5.01. The molecule has 0 saturated carbocycles. The Morgan fingerprint density at radius 3 is 2.70 bits per heavy atom. The van der Waals surface area contributed by atoms with Crippen LogP contribution in [0.1, 0.15) is 0 Å². The van der Waals surface area contributed by atoms with E-state index in [1.807, 2.05) is 0 Å². The lowest BCUT2D eigenvalue weighted by Crippen LogP contribution is -2.38. The van der Waals surface area contributed by atoms with Crippen molar-refractivity contribution in [2.45, 2.75) is 9.15 Å². The van der Waals surface area contributed by atoms with Crippen molar-refractivity contribution in [1.82, 2.24) is 0 Å². The molecule has 0 spiro atoms. The van der Waals surface area contributed by atoms with Crippen LogP contribution in [0.5, 0.6) is 0 Å². The van der Waals surface area contributed by atoms with Gasteiger partial charge in [-0.25, -0.2) is 0 Å². The molecule has 5 heteroatoms. The predicted octanol–water partition coefficient (Wildman–Crippen LogP) is 0.433. The van der Waals surface area contributed by atoms with Gasteiger partial charge in [-0.3, -0.25) is 4.79 Å². The van der Waals surface area contributed by atoms with E-state index < -0.39 is 10.3 Å². The number of aliphatic hydroxyl groups is 1. The van der Waals surface area contributed by atoms with Gasteiger partial charge in [0.25, 0.3) is 0 Å². The molecule has 1 heterocycles. The second-order valence-electron chi connectivity index (χ2n) is 2.09. The lowest BCUT2D eigenvalue weighted by molar-refractivity contribution is -0.140. The van der Waals surface area contributed by atoms with Gasteiger partial charge >= 0.3 is 5.97 Å². The van der Waals surface area contributed by atoms with Crippen molar-refractivity contribution in [3.63, 3.8) is 0 Å². The average molecular weight is 274 g/mol. The van der Waals surface area contributed by atoms with Gasteiger partial charge in [0.2, 0.25) is 0 Å². The van der Waals surface area contributed by atoms with Gasteiger partial charge in [-0.15, -0.1) is 0 Å². The molecule has 2 unspecified atom stereocenters. The van der Waals surface area contributed by atoms with E-state index in [-0.39, 0.29) is 11.4 Å². The quantitative estimate of drug-likeness (QED) is 0.557. The molecular weight excluding hydrogens is 268 g/mol. The van der Waals surface area contributed by atoms with Crippen molar-refractivity contribution < 1.29 is 14.6 Å². The maximum atomic E-state index is 10.9. The molecule has 1 aliphatic rings. The van der Waals surface area contributed by atoms with E-state index in [2.05, 4.69) is 36.6 Å². The lowest BCUT2D eigenvalue weighted by Gasteiger charge is -2.15. The number of rotatable bonds is 1. The number of cyclic esters (lactones) is 1. The average Bonchev–Trinajstić information content (AvgIpc) is 2.18. The summed E-state index contributed by atoms with van der Waals surface area (Å²) in [5.41, 5.74) is 0. The largest absolute Gasteiger partial charge is 0.463 e. The Balaban J connectivity index is 2.80. The van der Waals surface area contributed by atoms with Gasteiger partial charge in [0.1, 0.15) is 6.61 Å². The highest BCUT2D eigenvalue weighted by atomic mass is 79.9. The minimum absolute atomic E-state index is 0.141. The van der Waals surface area contributed by atoms with Crippen LogP contribution in [0.4, 0.5) is 0 Å². The summed E-state index contributed by atoms with van der Waals surface area (Å²) in [5.74, 6) is -0.406. The van der Waals surface area contributed by atoms with Crippen molar-refractivity contribution in [1.29, 1.82) is 0 Å². The molecule has 0 aromatic heterocycles. The fraction of sp³-hybridized carbons (Fsp3) is 0.800. The van der Waals surface area contributed by atoms with Crippen molar-refractivity contribution >= 4 is 37.8 Å². The highest BCUT2D eigenvalue weighted by Gasteiger charge is 2.49. The number of hydrogen-bond acceptors (Lipinski definition) is 3. The molecule has 58 valence electrons. The molecule has 1 rings (SSSR count). The van der Waals surface area contributed by atoms with Crippen LogP contribution >= 0.6 is 31.9 Å². The smallest absolute Gasteiger partial charge is 0.326 e. The monoisotopic (exact) mass is 272 g/mol. The summed E-state index contributed by atoms with van der Waals surface area (Å²) in [5, 5.41) is 8.79. The van der Waals surface area contributed by atoms with E-state index in [4.69, 9.17) is 5.11 Å². The highest BCUT2D eigenvalue weighted by Crippen LogP contribution is 2.34. The molecule has 0 aromatic carbocycles. The van der Waals surface area contributed by atoms with Gasteiger partial charge < -0.3 is 9.84 Å². The van der Waals surface area contributed by atoms with Gasteiger partial charge in [-0.1, -0.05) is 31.9 Å². The van der Waals surface area contributed by atoms with Gasteiger partial charge in [0, 0.05) is 0 Å². The maximum absolute atomic E-state index is 10.9. The summed E-state index contributed by atoms with van der Waals surface area (Å²) in [6.45, 7) is 0.0619. The fourth-order valence-corrected chi connectivity index (χ4v) is 1.40. The van der Waals surface area contributed by atoms with Crippen LogP contribution in [-0.4, -0.2) is 33.4 Å². The molecule has 0 bridgehead atoms. The van der Waals surface area contributed by atoms with Crippen LogP contribution in [0.25, 0.3) is 0 Å². The zero-order valence-corrected chi connectivity index (χ0v) is 8.18. The number of aliphatic hydroxyl groups excluding tert-OH is 1. The molecule has 2 atom stereocenters. The number of alkyl halides is 2. The first-order chi connectivity index (χ1) is 4.61. The Labute approximate surface area is 75.0 Å². The molecule has 0 aliphatic carbocycles. The van der Waals surface area contributed by atoms with Crippen molar-refractivity contribution in [2.24, 2.45) is 0 Å². The fourth-order valence-electron chi connectivity index (χ4n) is 0.692. The number of ether oxygens (including phenoxy) is 1. The molecule has 10 heavy (non-hydrogen) atoms. The van der Waals surface area contributed by atoms with Gasteiger partial charge in [0.05, 0.1) is 11.4 Å². The Bertz CT molecular complexity index is 161. The number of carbonyl (C=O) groups excluding carboxylic acids is 1. The standard InChI is InChI=1S/C5H6Br2O3/c6-3-1-10-4(9)5(3,7)2-8/h3,8H,1-2H2. The van der Waals surface area contributed by atoms with E-state index in [1.54, 1.807) is 0 Å². The predicted molar refractivity (Wildman–Crippen MR) is 42.4 cm³/mol. The normalized spacial score (nSPS) is 39.9. The molecule has 0 amide bonds. The Hall–Kier alpha value is 0.390. The minimum Gasteiger partial charge on any atom is -0.463 e. The summed E-state index contributed by atoms with van der Waals surface area (Å²) in [4.78, 5) is 10.7. The van der Waals surface area contributed by atoms with Crippen LogP contribution in [0.3, 0.4) is 0 Å². The second kappa shape index (κ2) is 2.79. The van der Waals surface area contributed by atoms with Crippen LogP contribution in [0.15, 0.2) is 0 Å². The van der Waals surface area contributed by atoms with Crippen LogP contribution in [0, 0.1) is 0 Å². The molecule has 3 nitrogen and oxygen atoms in total. The number of hydrogen-bond donors (Lipinski definition) is 1. The molecule has 1 N–H and O–H groups in total. The molecule has 0 aromatic rings. The van der Waals surface area contributed by atoms with Crippen LogP contribution in [-0.2, 0) is 9.53 Å². The summed E-state index contributed by atoms with van der Waals surface area (Å²) in [7, 11) is 0. The first-order valence-corrected chi connectivity index (χ1v) is 4.43. The molecule has 1 saturated heterocycles. The highest BCUT2D eigenvalue weighted by molar-refractivity contribution is 9.13. The number of carbonyl (C=O) groups is 1.